The molecular formula is C13H13F3N2O5. The number of ether oxygens (including phenoxy) is 2. The van der Waals surface area contributed by atoms with Crippen molar-refractivity contribution in [2.75, 3.05) is 25.1 Å². The van der Waals surface area contributed by atoms with Gasteiger partial charge in [-0.25, -0.2) is 4.79 Å². The number of carbonyl (C=O) groups excluding carboxylic acids is 2. The van der Waals surface area contributed by atoms with Crippen LogP contribution in [0.3, 0.4) is 0 Å². The van der Waals surface area contributed by atoms with Crippen molar-refractivity contribution in [3.63, 3.8) is 0 Å². The second-order valence-corrected chi connectivity index (χ2v) is 4.64. The van der Waals surface area contributed by atoms with E-state index in [1.54, 1.807) is 0 Å². The van der Waals surface area contributed by atoms with Crippen molar-refractivity contribution in [3.8, 4) is 5.75 Å². The summed E-state index contributed by atoms with van der Waals surface area (Å²) >= 11 is 0. The number of benzene rings is 1. The molecule has 126 valence electrons. The second-order valence-electron chi connectivity index (χ2n) is 4.64. The molecule has 1 unspecified atom stereocenters. The number of rotatable bonds is 2. The highest BCUT2D eigenvalue weighted by Gasteiger charge is 2.31. The summed E-state index contributed by atoms with van der Waals surface area (Å²) in [6.07, 6.45) is -5.65. The third-order valence-electron chi connectivity index (χ3n) is 2.85. The van der Waals surface area contributed by atoms with Gasteiger partial charge in [-0.2, -0.15) is 13.2 Å². The van der Waals surface area contributed by atoms with E-state index in [0.29, 0.717) is 18.7 Å². The van der Waals surface area contributed by atoms with E-state index in [1.165, 1.54) is 0 Å². The van der Waals surface area contributed by atoms with Gasteiger partial charge in [-0.05, 0) is 12.1 Å². The minimum atomic E-state index is -4.69. The van der Waals surface area contributed by atoms with Gasteiger partial charge in [0.25, 0.3) is 5.91 Å². The Morgan fingerprint density at radius 3 is 2.57 bits per heavy atom. The van der Waals surface area contributed by atoms with Crippen molar-refractivity contribution < 1.29 is 37.3 Å². The summed E-state index contributed by atoms with van der Waals surface area (Å²) in [5.41, 5.74) is -1.45. The van der Waals surface area contributed by atoms with E-state index >= 15 is 0 Å². The van der Waals surface area contributed by atoms with Gasteiger partial charge in [0, 0.05) is 11.8 Å². The Bertz CT molecular complexity index is 600. The first kappa shape index (κ1) is 17.0. The smallest absolute Gasteiger partial charge is 0.416 e. The molecule has 0 bridgehead atoms. The average molecular weight is 334 g/mol. The number of hydrogen-bond donors (Lipinski definition) is 3. The van der Waals surface area contributed by atoms with Crippen LogP contribution in [0.25, 0.3) is 0 Å². The van der Waals surface area contributed by atoms with Gasteiger partial charge < -0.3 is 19.9 Å². The topological polar surface area (TPSA) is 96.9 Å². The maximum absolute atomic E-state index is 12.6. The molecule has 1 aromatic carbocycles. The number of alkyl halides is 3. The van der Waals surface area contributed by atoms with Gasteiger partial charge in [0.05, 0.1) is 25.4 Å². The maximum Gasteiger partial charge on any atom is 0.416 e. The summed E-state index contributed by atoms with van der Waals surface area (Å²) in [4.78, 5) is 23.3. The predicted molar refractivity (Wildman–Crippen MR) is 70.8 cm³/mol. The fourth-order valence-corrected chi connectivity index (χ4v) is 1.84. The fourth-order valence-electron chi connectivity index (χ4n) is 1.84. The lowest BCUT2D eigenvalue weighted by Gasteiger charge is -2.21. The van der Waals surface area contributed by atoms with E-state index in [9.17, 15) is 27.9 Å². The number of carbonyl (C=O) groups is 2. The molecule has 1 atom stereocenters. The van der Waals surface area contributed by atoms with Crippen LogP contribution in [0, 0.1) is 0 Å². The number of halogens is 3. The van der Waals surface area contributed by atoms with Crippen molar-refractivity contribution in [1.82, 2.24) is 5.32 Å². The molecule has 2 rings (SSSR count). The van der Waals surface area contributed by atoms with Gasteiger partial charge >= 0.3 is 12.2 Å². The quantitative estimate of drug-likeness (QED) is 0.761. The minimum Gasteiger partial charge on any atom is -0.508 e. The first-order chi connectivity index (χ1) is 10.8. The number of phenolic OH excluding ortho intramolecular Hbond substituents is 1. The Labute approximate surface area is 128 Å². The van der Waals surface area contributed by atoms with Crippen LogP contribution in [0.4, 0.5) is 23.7 Å². The normalized spacial score (nSPS) is 18.3. The number of hydrogen-bond acceptors (Lipinski definition) is 5. The molecule has 1 aliphatic rings. The van der Waals surface area contributed by atoms with Gasteiger partial charge in [0.1, 0.15) is 5.75 Å². The summed E-state index contributed by atoms with van der Waals surface area (Å²) in [5, 5.41) is 13.2. The lowest BCUT2D eigenvalue weighted by Crippen LogP contribution is -2.46. The molecule has 0 spiro atoms. The van der Waals surface area contributed by atoms with Gasteiger partial charge in [0.15, 0.2) is 6.10 Å². The van der Waals surface area contributed by atoms with Gasteiger partial charge in [-0.1, -0.05) is 0 Å². The van der Waals surface area contributed by atoms with E-state index < -0.39 is 35.5 Å². The van der Waals surface area contributed by atoms with Crippen molar-refractivity contribution in [1.29, 1.82) is 0 Å². The van der Waals surface area contributed by atoms with Gasteiger partial charge in [0.2, 0.25) is 0 Å². The van der Waals surface area contributed by atoms with Crippen molar-refractivity contribution in [2.24, 2.45) is 0 Å². The zero-order valence-electron chi connectivity index (χ0n) is 11.6. The third kappa shape index (κ3) is 4.83. The fraction of sp³-hybridized carbons (Fsp3) is 0.385. The Morgan fingerprint density at radius 1 is 1.22 bits per heavy atom. The number of urea groups is 1. The second kappa shape index (κ2) is 6.84. The standard InChI is InChI=1S/C13H13F3N2O5/c14-13(15,16)7-3-8(5-9(19)4-7)17-12(21)18-11(20)10-6-22-1-2-23-10/h3-5,10,19H,1-2,6H2,(H2,17,18,20,21). The van der Waals surface area contributed by atoms with Crippen molar-refractivity contribution >= 4 is 17.6 Å². The van der Waals surface area contributed by atoms with Crippen molar-refractivity contribution in [2.45, 2.75) is 12.3 Å². The number of phenols is 1. The van der Waals surface area contributed by atoms with E-state index in [0.717, 1.165) is 6.07 Å². The molecule has 3 amide bonds. The molecular weight excluding hydrogens is 321 g/mol. The molecule has 7 nitrogen and oxygen atoms in total. The van der Waals surface area contributed by atoms with Crippen LogP contribution in [-0.2, 0) is 20.4 Å². The number of anilines is 1. The van der Waals surface area contributed by atoms with E-state index in [1.807, 2.05) is 10.6 Å². The highest BCUT2D eigenvalue weighted by molar-refractivity contribution is 6.02. The van der Waals surface area contributed by atoms with E-state index in [4.69, 9.17) is 9.47 Å². The first-order valence-corrected chi connectivity index (χ1v) is 6.48. The van der Waals surface area contributed by atoms with Gasteiger partial charge in [-0.3, -0.25) is 10.1 Å². The lowest BCUT2D eigenvalue weighted by molar-refractivity contribution is -0.146. The van der Waals surface area contributed by atoms with E-state index in [2.05, 4.69) is 0 Å². The SMILES string of the molecule is O=C(NC(=O)C1COCCO1)Nc1cc(O)cc(C(F)(F)F)c1. The number of amides is 3. The van der Waals surface area contributed by atoms with Gasteiger partial charge in [-0.15, -0.1) is 0 Å². The summed E-state index contributed by atoms with van der Waals surface area (Å²) in [7, 11) is 0. The molecule has 1 fully saturated rings. The summed E-state index contributed by atoms with van der Waals surface area (Å²) in [6.45, 7) is 0.504. The number of aromatic hydroxyl groups is 1. The molecule has 1 aromatic rings. The Kier molecular flexibility index (Phi) is 5.06. The summed E-state index contributed by atoms with van der Waals surface area (Å²) < 4.78 is 47.9. The predicted octanol–water partition coefficient (Wildman–Crippen LogP) is 1.47. The minimum absolute atomic E-state index is 0.0243. The largest absolute Gasteiger partial charge is 0.508 e. The monoisotopic (exact) mass is 334 g/mol. The molecule has 1 aliphatic heterocycles. The zero-order valence-corrected chi connectivity index (χ0v) is 11.6. The first-order valence-electron chi connectivity index (χ1n) is 6.48. The molecule has 1 heterocycles. The Hall–Kier alpha value is -2.33. The molecule has 0 radical (unpaired) electrons. The molecule has 0 aromatic heterocycles. The molecule has 3 N–H and O–H groups in total. The molecule has 0 saturated carbocycles. The van der Waals surface area contributed by atoms with Crippen LogP contribution < -0.4 is 10.6 Å². The lowest BCUT2D eigenvalue weighted by atomic mass is 10.2. The highest BCUT2D eigenvalue weighted by Crippen LogP contribution is 2.33. The Balaban J connectivity index is 1.99. The van der Waals surface area contributed by atoms with Crippen LogP contribution >= 0.6 is 0 Å². The van der Waals surface area contributed by atoms with Crippen LogP contribution in [0.1, 0.15) is 5.56 Å². The zero-order chi connectivity index (χ0) is 17.0. The van der Waals surface area contributed by atoms with Crippen LogP contribution in [0.5, 0.6) is 5.75 Å². The Morgan fingerprint density at radius 2 is 1.96 bits per heavy atom. The number of nitrogens with one attached hydrogen (secondary N) is 2. The molecule has 0 aliphatic carbocycles. The average Bonchev–Trinajstić information content (AvgIpc) is 2.46. The van der Waals surface area contributed by atoms with Crippen LogP contribution in [0.2, 0.25) is 0 Å². The third-order valence-corrected chi connectivity index (χ3v) is 2.85. The van der Waals surface area contributed by atoms with Crippen LogP contribution in [0.15, 0.2) is 18.2 Å². The van der Waals surface area contributed by atoms with Crippen molar-refractivity contribution in [3.05, 3.63) is 23.8 Å². The summed E-state index contributed by atoms with van der Waals surface area (Å²) in [5.74, 6) is -1.45. The molecule has 1 saturated heterocycles. The highest BCUT2D eigenvalue weighted by atomic mass is 19.4. The molecule has 23 heavy (non-hydrogen) atoms. The number of imide groups is 1. The maximum atomic E-state index is 12.6. The van der Waals surface area contributed by atoms with E-state index in [-0.39, 0.29) is 18.9 Å². The summed E-state index contributed by atoms with van der Waals surface area (Å²) in [6, 6.07) is 1.01. The van der Waals surface area contributed by atoms with Crippen LogP contribution in [-0.4, -0.2) is 43.0 Å². The molecule has 10 heteroatoms.